The van der Waals surface area contributed by atoms with Gasteiger partial charge in [-0.05, 0) is 37.3 Å². The lowest BCUT2D eigenvalue weighted by atomic mass is 10.1. The van der Waals surface area contributed by atoms with E-state index in [1.807, 2.05) is 0 Å². The Labute approximate surface area is 137 Å². The first-order valence-corrected chi connectivity index (χ1v) is 7.26. The molecule has 0 amide bonds. The van der Waals surface area contributed by atoms with E-state index < -0.39 is 11.8 Å². The van der Waals surface area contributed by atoms with Crippen molar-refractivity contribution in [3.8, 4) is 5.75 Å². The van der Waals surface area contributed by atoms with Crippen LogP contribution in [0.5, 0.6) is 5.75 Å². The molecule has 0 N–H and O–H groups in total. The molecule has 0 aromatic heterocycles. The Balaban J connectivity index is 2.18. The highest BCUT2D eigenvalue weighted by atomic mass is 35.5. The van der Waals surface area contributed by atoms with Crippen molar-refractivity contribution in [1.29, 1.82) is 0 Å². The maximum Gasteiger partial charge on any atom is 0.338 e. The number of rotatable bonds is 6. The molecule has 0 aliphatic carbocycles. The fourth-order valence-electron chi connectivity index (χ4n) is 1.95. The standard InChI is InChI=1S/C17H14ClFO4/c1-2-22-17(21)13-7-6-12(8-11(13)9-20)23-10-14-15(18)4-3-5-16(14)19/h3-9H,2,10H2,1H3. The molecule has 0 bridgehead atoms. The molecule has 0 fully saturated rings. The Morgan fingerprint density at radius 2 is 2.09 bits per heavy atom. The van der Waals surface area contributed by atoms with Gasteiger partial charge in [0.25, 0.3) is 0 Å². The van der Waals surface area contributed by atoms with Crippen molar-refractivity contribution < 1.29 is 23.5 Å². The van der Waals surface area contributed by atoms with Crippen LogP contribution in [0, 0.1) is 5.82 Å². The fourth-order valence-corrected chi connectivity index (χ4v) is 2.17. The Bertz CT molecular complexity index is 710. The highest BCUT2D eigenvalue weighted by Crippen LogP contribution is 2.23. The predicted molar refractivity (Wildman–Crippen MR) is 83.5 cm³/mol. The lowest BCUT2D eigenvalue weighted by Crippen LogP contribution is -2.08. The Hall–Kier alpha value is -2.40. The number of aldehydes is 1. The van der Waals surface area contributed by atoms with Crippen molar-refractivity contribution in [2.75, 3.05) is 6.61 Å². The molecule has 0 radical (unpaired) electrons. The minimum absolute atomic E-state index is 0.0947. The van der Waals surface area contributed by atoms with Gasteiger partial charge in [0.05, 0.1) is 17.2 Å². The molecule has 0 saturated heterocycles. The van der Waals surface area contributed by atoms with Gasteiger partial charge in [-0.3, -0.25) is 4.79 Å². The van der Waals surface area contributed by atoms with E-state index in [2.05, 4.69) is 0 Å². The molecular formula is C17H14ClFO4. The van der Waals surface area contributed by atoms with Crippen LogP contribution in [0.2, 0.25) is 5.02 Å². The molecule has 2 aromatic rings. The molecule has 0 unspecified atom stereocenters. The molecule has 120 valence electrons. The highest BCUT2D eigenvalue weighted by Gasteiger charge is 2.14. The third-order valence-corrected chi connectivity index (χ3v) is 3.44. The summed E-state index contributed by atoms with van der Waals surface area (Å²) >= 11 is 5.92. The SMILES string of the molecule is CCOC(=O)c1ccc(OCc2c(F)cccc2Cl)cc1C=O. The van der Waals surface area contributed by atoms with Crippen molar-refractivity contribution >= 4 is 23.9 Å². The van der Waals surface area contributed by atoms with Gasteiger partial charge in [-0.2, -0.15) is 0 Å². The summed E-state index contributed by atoms with van der Waals surface area (Å²) in [7, 11) is 0. The van der Waals surface area contributed by atoms with Gasteiger partial charge in [0, 0.05) is 11.1 Å². The first-order chi connectivity index (χ1) is 11.1. The summed E-state index contributed by atoms with van der Waals surface area (Å²) in [6.45, 7) is 1.79. The number of ether oxygens (including phenoxy) is 2. The van der Waals surface area contributed by atoms with Crippen LogP contribution in [0.15, 0.2) is 36.4 Å². The molecule has 4 nitrogen and oxygen atoms in total. The van der Waals surface area contributed by atoms with Crippen LogP contribution < -0.4 is 4.74 Å². The quantitative estimate of drug-likeness (QED) is 0.590. The predicted octanol–water partition coefficient (Wildman–Crippen LogP) is 4.05. The van der Waals surface area contributed by atoms with Gasteiger partial charge >= 0.3 is 5.97 Å². The monoisotopic (exact) mass is 336 g/mol. The van der Waals surface area contributed by atoms with Crippen LogP contribution in [-0.4, -0.2) is 18.9 Å². The third kappa shape index (κ3) is 4.07. The van der Waals surface area contributed by atoms with E-state index in [9.17, 15) is 14.0 Å². The summed E-state index contributed by atoms with van der Waals surface area (Å²) in [5.41, 5.74) is 0.509. The van der Waals surface area contributed by atoms with Crippen molar-refractivity contribution in [2.24, 2.45) is 0 Å². The lowest BCUT2D eigenvalue weighted by molar-refractivity contribution is 0.0524. The van der Waals surface area contributed by atoms with Crippen LogP contribution in [0.3, 0.4) is 0 Å². The van der Waals surface area contributed by atoms with Crippen LogP contribution >= 0.6 is 11.6 Å². The van der Waals surface area contributed by atoms with Gasteiger partial charge < -0.3 is 9.47 Å². The number of esters is 1. The maximum absolute atomic E-state index is 13.7. The van der Waals surface area contributed by atoms with Crippen molar-refractivity contribution in [2.45, 2.75) is 13.5 Å². The van der Waals surface area contributed by atoms with E-state index in [1.165, 1.54) is 30.3 Å². The minimum atomic E-state index is -0.585. The topological polar surface area (TPSA) is 52.6 Å². The van der Waals surface area contributed by atoms with E-state index in [4.69, 9.17) is 21.1 Å². The second-order valence-corrected chi connectivity index (χ2v) is 4.98. The van der Waals surface area contributed by atoms with E-state index in [0.717, 1.165) is 0 Å². The van der Waals surface area contributed by atoms with Crippen molar-refractivity contribution in [3.63, 3.8) is 0 Å². The van der Waals surface area contributed by atoms with Crippen LogP contribution in [0.25, 0.3) is 0 Å². The second kappa shape index (κ2) is 7.74. The van der Waals surface area contributed by atoms with Gasteiger partial charge in [-0.25, -0.2) is 9.18 Å². The number of halogens is 2. The first kappa shape index (κ1) is 17.0. The zero-order valence-corrected chi connectivity index (χ0v) is 13.1. The molecule has 23 heavy (non-hydrogen) atoms. The van der Waals surface area contributed by atoms with Gasteiger partial charge in [-0.1, -0.05) is 17.7 Å². The summed E-state index contributed by atoms with van der Waals surface area (Å²) in [4.78, 5) is 22.8. The molecule has 6 heteroatoms. The summed E-state index contributed by atoms with van der Waals surface area (Å²) < 4.78 is 24.0. The molecule has 2 rings (SSSR count). The molecule has 0 spiro atoms. The highest BCUT2D eigenvalue weighted by molar-refractivity contribution is 6.31. The zero-order valence-electron chi connectivity index (χ0n) is 12.3. The molecule has 0 atom stereocenters. The summed E-state index contributed by atoms with van der Waals surface area (Å²) in [5, 5.41) is 0.253. The summed E-state index contributed by atoms with van der Waals surface area (Å²) in [6.07, 6.45) is 0.537. The molecule has 0 aliphatic heterocycles. The van der Waals surface area contributed by atoms with Gasteiger partial charge in [0.15, 0.2) is 6.29 Å². The van der Waals surface area contributed by atoms with Crippen LogP contribution in [0.1, 0.15) is 33.2 Å². The molecular weight excluding hydrogens is 323 g/mol. The number of carbonyl (C=O) groups is 2. The van der Waals surface area contributed by atoms with E-state index in [-0.39, 0.29) is 34.9 Å². The molecule has 0 aliphatic rings. The number of carbonyl (C=O) groups excluding carboxylic acids is 2. The molecule has 2 aromatic carbocycles. The van der Waals surface area contributed by atoms with E-state index in [0.29, 0.717) is 12.0 Å². The minimum Gasteiger partial charge on any atom is -0.489 e. The fraction of sp³-hybridized carbons (Fsp3) is 0.176. The Morgan fingerprint density at radius 1 is 1.30 bits per heavy atom. The van der Waals surface area contributed by atoms with Crippen molar-refractivity contribution in [1.82, 2.24) is 0 Å². The summed E-state index contributed by atoms with van der Waals surface area (Å²) in [6, 6.07) is 8.68. The molecule has 0 saturated carbocycles. The average molecular weight is 337 g/mol. The Kier molecular flexibility index (Phi) is 5.71. The number of benzene rings is 2. The Morgan fingerprint density at radius 3 is 2.74 bits per heavy atom. The summed E-state index contributed by atoms with van der Waals surface area (Å²) in [5.74, 6) is -0.742. The van der Waals surface area contributed by atoms with Crippen LogP contribution in [-0.2, 0) is 11.3 Å². The number of hydrogen-bond donors (Lipinski definition) is 0. The van der Waals surface area contributed by atoms with Gasteiger partial charge in [0.1, 0.15) is 18.2 Å². The number of hydrogen-bond acceptors (Lipinski definition) is 4. The first-order valence-electron chi connectivity index (χ1n) is 6.88. The smallest absolute Gasteiger partial charge is 0.338 e. The third-order valence-electron chi connectivity index (χ3n) is 3.09. The van der Waals surface area contributed by atoms with Gasteiger partial charge in [0.2, 0.25) is 0 Å². The zero-order chi connectivity index (χ0) is 16.8. The van der Waals surface area contributed by atoms with Crippen LogP contribution in [0.4, 0.5) is 4.39 Å². The second-order valence-electron chi connectivity index (χ2n) is 4.58. The average Bonchev–Trinajstić information content (AvgIpc) is 2.54. The van der Waals surface area contributed by atoms with E-state index in [1.54, 1.807) is 13.0 Å². The molecule has 0 heterocycles. The normalized spacial score (nSPS) is 10.2. The lowest BCUT2D eigenvalue weighted by Gasteiger charge is -2.10. The van der Waals surface area contributed by atoms with Crippen molar-refractivity contribution in [3.05, 3.63) is 63.9 Å². The largest absolute Gasteiger partial charge is 0.489 e. The van der Waals surface area contributed by atoms with Gasteiger partial charge in [-0.15, -0.1) is 0 Å². The van der Waals surface area contributed by atoms with E-state index >= 15 is 0 Å². The maximum atomic E-state index is 13.7.